The Bertz CT molecular complexity index is 497. The molecule has 0 aliphatic rings. The average molecular weight is 295 g/mol. The lowest BCUT2D eigenvalue weighted by atomic mass is 10.2. The molecule has 0 amide bonds. The number of esters is 1. The van der Waals surface area contributed by atoms with E-state index in [4.69, 9.17) is 14.9 Å². The molecule has 0 aliphatic carbocycles. The van der Waals surface area contributed by atoms with Gasteiger partial charge >= 0.3 is 11.9 Å². The zero-order valence-electron chi connectivity index (χ0n) is 12.5. The van der Waals surface area contributed by atoms with Crippen LogP contribution in [-0.2, 0) is 9.53 Å². The van der Waals surface area contributed by atoms with Crippen molar-refractivity contribution in [3.63, 3.8) is 0 Å². The summed E-state index contributed by atoms with van der Waals surface area (Å²) < 4.78 is 4.83. The van der Waals surface area contributed by atoms with E-state index in [1.807, 2.05) is 19.0 Å². The molecule has 0 spiro atoms. The molecule has 1 rings (SSSR count). The van der Waals surface area contributed by atoms with Gasteiger partial charge in [-0.1, -0.05) is 18.7 Å². The van der Waals surface area contributed by atoms with Gasteiger partial charge < -0.3 is 19.8 Å². The van der Waals surface area contributed by atoms with Crippen molar-refractivity contribution >= 4 is 11.9 Å². The first-order chi connectivity index (χ1) is 9.75. The Morgan fingerprint density at radius 3 is 2.24 bits per heavy atom. The van der Waals surface area contributed by atoms with Crippen molar-refractivity contribution in [3.8, 4) is 5.75 Å². The number of hydrogen-bond acceptors (Lipinski definition) is 5. The molecule has 0 saturated carbocycles. The van der Waals surface area contributed by atoms with Gasteiger partial charge in [-0.15, -0.1) is 0 Å². The molecule has 0 fully saturated rings. The van der Waals surface area contributed by atoms with Crippen LogP contribution in [0.2, 0.25) is 0 Å². The quantitative estimate of drug-likeness (QED) is 0.636. The van der Waals surface area contributed by atoms with Gasteiger partial charge in [0, 0.05) is 12.1 Å². The van der Waals surface area contributed by atoms with Crippen molar-refractivity contribution < 1.29 is 24.5 Å². The normalized spacial score (nSPS) is 9.52. The number of carbonyl (C=O) groups excluding carboxylic acids is 1. The number of nitrogens with zero attached hydrogens (tertiary/aromatic N) is 1. The highest BCUT2D eigenvalue weighted by Crippen LogP contribution is 2.14. The monoisotopic (exact) mass is 295 g/mol. The van der Waals surface area contributed by atoms with Gasteiger partial charge in [-0.3, -0.25) is 0 Å². The number of carboxylic acid groups (broad SMARTS) is 1. The van der Waals surface area contributed by atoms with Crippen molar-refractivity contribution in [3.05, 3.63) is 42.0 Å². The number of phenols is 1. The van der Waals surface area contributed by atoms with Gasteiger partial charge in [-0.2, -0.15) is 0 Å². The molecular formula is C15H21NO5. The molecule has 1 aromatic carbocycles. The van der Waals surface area contributed by atoms with Crippen LogP contribution in [0.25, 0.3) is 0 Å². The van der Waals surface area contributed by atoms with Gasteiger partial charge in [0.1, 0.15) is 17.9 Å². The summed E-state index contributed by atoms with van der Waals surface area (Å²) in [7, 11) is 3.85. The third-order valence-electron chi connectivity index (χ3n) is 2.25. The van der Waals surface area contributed by atoms with E-state index < -0.39 is 5.97 Å². The van der Waals surface area contributed by atoms with Gasteiger partial charge in [0.05, 0.1) is 0 Å². The maximum atomic E-state index is 10.8. The second kappa shape index (κ2) is 9.55. The number of aromatic hydroxyl groups is 1. The zero-order valence-corrected chi connectivity index (χ0v) is 12.5. The van der Waals surface area contributed by atoms with E-state index in [2.05, 4.69) is 6.58 Å². The standard InChI is InChI=1S/C8H15NO2.C7H6O3/c1-7(2)8(10)11-6-5-9(3)4;8-6-4-2-1-3-5(6)7(9)10/h1,5-6H2,2-4H3;1-4,8H,(H,9,10). The number of benzene rings is 1. The van der Waals surface area contributed by atoms with Gasteiger partial charge in [0.25, 0.3) is 0 Å². The topological polar surface area (TPSA) is 87.1 Å². The lowest BCUT2D eigenvalue weighted by Crippen LogP contribution is -2.20. The summed E-state index contributed by atoms with van der Waals surface area (Å²) in [6.45, 7) is 6.28. The van der Waals surface area contributed by atoms with E-state index in [1.54, 1.807) is 19.1 Å². The molecule has 0 bridgehead atoms. The lowest BCUT2D eigenvalue weighted by molar-refractivity contribution is -0.139. The van der Waals surface area contributed by atoms with E-state index >= 15 is 0 Å². The molecule has 0 radical (unpaired) electrons. The number of likely N-dealkylation sites (N-methyl/N-ethyl adjacent to an activating group) is 1. The summed E-state index contributed by atoms with van der Waals surface area (Å²) in [4.78, 5) is 23.0. The van der Waals surface area contributed by atoms with E-state index in [9.17, 15) is 9.59 Å². The molecule has 6 heteroatoms. The number of carboxylic acids is 1. The van der Waals surface area contributed by atoms with Crippen LogP contribution in [0.3, 0.4) is 0 Å². The number of ether oxygens (including phenoxy) is 1. The van der Waals surface area contributed by atoms with Crippen LogP contribution >= 0.6 is 0 Å². The number of para-hydroxylation sites is 1. The Kier molecular flexibility index (Phi) is 8.48. The number of hydrogen-bond donors (Lipinski definition) is 2. The van der Waals surface area contributed by atoms with Gasteiger partial charge in [-0.05, 0) is 33.2 Å². The van der Waals surface area contributed by atoms with E-state index in [-0.39, 0.29) is 17.3 Å². The van der Waals surface area contributed by atoms with E-state index in [0.29, 0.717) is 12.2 Å². The van der Waals surface area contributed by atoms with Crippen molar-refractivity contribution in [2.45, 2.75) is 6.92 Å². The first kappa shape index (κ1) is 18.7. The van der Waals surface area contributed by atoms with Crippen molar-refractivity contribution in [1.29, 1.82) is 0 Å². The maximum Gasteiger partial charge on any atom is 0.339 e. The fraction of sp³-hybridized carbons (Fsp3) is 0.333. The summed E-state index contributed by atoms with van der Waals surface area (Å²) in [5, 5.41) is 17.3. The van der Waals surface area contributed by atoms with Crippen LogP contribution in [0.1, 0.15) is 17.3 Å². The van der Waals surface area contributed by atoms with E-state index in [0.717, 1.165) is 6.54 Å². The van der Waals surface area contributed by atoms with Crippen LogP contribution in [0.5, 0.6) is 5.75 Å². The fourth-order valence-electron chi connectivity index (χ4n) is 1.10. The van der Waals surface area contributed by atoms with Crippen LogP contribution in [0, 0.1) is 0 Å². The highest BCUT2D eigenvalue weighted by atomic mass is 16.5. The molecule has 0 saturated heterocycles. The van der Waals surface area contributed by atoms with Crippen LogP contribution in [0.4, 0.5) is 0 Å². The average Bonchev–Trinajstić information content (AvgIpc) is 2.39. The summed E-state index contributed by atoms with van der Waals surface area (Å²) in [5.41, 5.74) is 0.381. The third-order valence-corrected chi connectivity index (χ3v) is 2.25. The molecule has 21 heavy (non-hydrogen) atoms. The Hall–Kier alpha value is -2.34. The van der Waals surface area contributed by atoms with Crippen LogP contribution in [-0.4, -0.2) is 54.3 Å². The Morgan fingerprint density at radius 2 is 1.86 bits per heavy atom. The predicted octanol–water partition coefficient (Wildman–Crippen LogP) is 1.76. The largest absolute Gasteiger partial charge is 0.507 e. The Labute approximate surface area is 124 Å². The molecule has 116 valence electrons. The SMILES string of the molecule is C=C(C)C(=O)OCCN(C)C.O=C(O)c1ccccc1O. The zero-order chi connectivity index (χ0) is 16.4. The molecule has 1 aromatic rings. The minimum atomic E-state index is -1.11. The van der Waals surface area contributed by atoms with Crippen molar-refractivity contribution in [2.75, 3.05) is 27.2 Å². The molecule has 0 unspecified atom stereocenters. The molecule has 0 aromatic heterocycles. The highest BCUT2D eigenvalue weighted by molar-refractivity contribution is 5.90. The highest BCUT2D eigenvalue weighted by Gasteiger charge is 2.05. The molecule has 0 heterocycles. The summed E-state index contributed by atoms with van der Waals surface area (Å²) in [6, 6.07) is 5.81. The number of aromatic carboxylic acids is 1. The van der Waals surface area contributed by atoms with Crippen molar-refractivity contribution in [1.82, 2.24) is 4.90 Å². The minimum Gasteiger partial charge on any atom is -0.507 e. The molecule has 6 nitrogen and oxygen atoms in total. The first-order valence-corrected chi connectivity index (χ1v) is 6.24. The number of rotatable bonds is 5. The lowest BCUT2D eigenvalue weighted by Gasteiger charge is -2.09. The Balaban J connectivity index is 0.000000382. The Morgan fingerprint density at radius 1 is 1.29 bits per heavy atom. The number of carbonyl (C=O) groups is 2. The molecule has 0 atom stereocenters. The van der Waals surface area contributed by atoms with Gasteiger partial charge in [0.15, 0.2) is 0 Å². The second-order valence-electron chi connectivity index (χ2n) is 4.54. The van der Waals surface area contributed by atoms with Crippen LogP contribution in [0.15, 0.2) is 36.4 Å². The fourth-order valence-corrected chi connectivity index (χ4v) is 1.10. The van der Waals surface area contributed by atoms with E-state index in [1.165, 1.54) is 12.1 Å². The van der Waals surface area contributed by atoms with Gasteiger partial charge in [0.2, 0.25) is 0 Å². The van der Waals surface area contributed by atoms with Gasteiger partial charge in [-0.25, -0.2) is 9.59 Å². The summed E-state index contributed by atoms with van der Waals surface area (Å²) in [6.07, 6.45) is 0. The predicted molar refractivity (Wildman–Crippen MR) is 79.4 cm³/mol. The van der Waals surface area contributed by atoms with Crippen LogP contribution < -0.4 is 0 Å². The first-order valence-electron chi connectivity index (χ1n) is 6.24. The smallest absolute Gasteiger partial charge is 0.339 e. The van der Waals surface area contributed by atoms with Crippen molar-refractivity contribution in [2.24, 2.45) is 0 Å². The molecule has 2 N–H and O–H groups in total. The third kappa shape index (κ3) is 8.43. The second-order valence-corrected chi connectivity index (χ2v) is 4.54. The summed E-state index contributed by atoms with van der Waals surface area (Å²) in [5.74, 6) is -1.63. The summed E-state index contributed by atoms with van der Waals surface area (Å²) >= 11 is 0. The molecule has 0 aliphatic heterocycles. The minimum absolute atomic E-state index is 0.0671. The molecular weight excluding hydrogens is 274 g/mol. The maximum absolute atomic E-state index is 10.8.